The van der Waals surface area contributed by atoms with E-state index in [1.807, 2.05) is 0 Å². The molecule has 10 heteroatoms. The fraction of sp³-hybridized carbons (Fsp3) is 0.267. The number of hydrogen-bond donors (Lipinski definition) is 1. The van der Waals surface area contributed by atoms with Crippen LogP contribution in [0.5, 0.6) is 11.5 Å². The van der Waals surface area contributed by atoms with Gasteiger partial charge in [0.2, 0.25) is 0 Å². The quantitative estimate of drug-likeness (QED) is 0.635. The van der Waals surface area contributed by atoms with Gasteiger partial charge in [0.15, 0.2) is 17.2 Å². The van der Waals surface area contributed by atoms with Crippen LogP contribution in [-0.4, -0.2) is 36.1 Å². The largest absolute Gasteiger partial charge is 0.493 e. The van der Waals surface area contributed by atoms with Crippen molar-refractivity contribution < 1.29 is 27.4 Å². The first-order chi connectivity index (χ1) is 11.8. The molecule has 0 saturated carbocycles. The SMILES string of the molecule is COc1ccc(/C=N\NC(=O)Cn2ccc(C(F)(F)F)n2)cc1OC. The van der Waals surface area contributed by atoms with Crippen LogP contribution >= 0.6 is 0 Å². The lowest BCUT2D eigenvalue weighted by atomic mass is 10.2. The summed E-state index contributed by atoms with van der Waals surface area (Å²) in [7, 11) is 2.99. The Hall–Kier alpha value is -3.04. The van der Waals surface area contributed by atoms with E-state index in [-0.39, 0.29) is 6.54 Å². The number of amides is 1. The Bertz CT molecular complexity index is 772. The zero-order valence-electron chi connectivity index (χ0n) is 13.4. The van der Waals surface area contributed by atoms with E-state index in [9.17, 15) is 18.0 Å². The summed E-state index contributed by atoms with van der Waals surface area (Å²) in [5, 5.41) is 7.02. The maximum absolute atomic E-state index is 12.4. The number of halogens is 3. The number of carbonyl (C=O) groups excluding carboxylic acids is 1. The molecule has 0 aliphatic carbocycles. The highest BCUT2D eigenvalue weighted by atomic mass is 19.4. The average molecular weight is 356 g/mol. The van der Waals surface area contributed by atoms with Crippen LogP contribution in [0.25, 0.3) is 0 Å². The number of nitrogens with one attached hydrogen (secondary N) is 1. The van der Waals surface area contributed by atoms with Gasteiger partial charge in [-0.3, -0.25) is 9.48 Å². The van der Waals surface area contributed by atoms with Crippen molar-refractivity contribution in [2.75, 3.05) is 14.2 Å². The maximum atomic E-state index is 12.4. The van der Waals surface area contributed by atoms with Gasteiger partial charge in [0, 0.05) is 6.20 Å². The van der Waals surface area contributed by atoms with E-state index in [4.69, 9.17) is 9.47 Å². The standard InChI is InChI=1S/C15H15F3N4O3/c1-24-11-4-3-10(7-12(11)25-2)8-19-20-14(23)9-22-6-5-13(21-22)15(16,17)18/h3-8H,9H2,1-2H3,(H,20,23)/b19-8-. The van der Waals surface area contributed by atoms with Crippen LogP contribution in [0.2, 0.25) is 0 Å². The lowest BCUT2D eigenvalue weighted by Gasteiger charge is -2.07. The monoisotopic (exact) mass is 356 g/mol. The second-order valence-corrected chi connectivity index (χ2v) is 4.80. The van der Waals surface area contributed by atoms with Crippen LogP contribution in [0, 0.1) is 0 Å². The van der Waals surface area contributed by atoms with Crippen molar-refractivity contribution in [3.63, 3.8) is 0 Å². The minimum Gasteiger partial charge on any atom is -0.493 e. The molecule has 2 aromatic rings. The van der Waals surface area contributed by atoms with Crippen LogP contribution < -0.4 is 14.9 Å². The molecule has 1 aromatic heterocycles. The van der Waals surface area contributed by atoms with E-state index in [0.29, 0.717) is 17.1 Å². The van der Waals surface area contributed by atoms with Crippen LogP contribution in [0.3, 0.4) is 0 Å². The molecule has 0 saturated heterocycles. The molecule has 1 heterocycles. The zero-order valence-corrected chi connectivity index (χ0v) is 13.4. The van der Waals surface area contributed by atoms with Crippen molar-refractivity contribution in [2.24, 2.45) is 5.10 Å². The van der Waals surface area contributed by atoms with Gasteiger partial charge in [-0.05, 0) is 29.8 Å². The van der Waals surface area contributed by atoms with Crippen molar-refractivity contribution >= 4 is 12.1 Å². The minimum atomic E-state index is -4.55. The average Bonchev–Trinajstić information content (AvgIpc) is 3.03. The summed E-state index contributed by atoms with van der Waals surface area (Å²) in [5.74, 6) is 0.422. The summed E-state index contributed by atoms with van der Waals surface area (Å²) >= 11 is 0. The number of ether oxygens (including phenoxy) is 2. The maximum Gasteiger partial charge on any atom is 0.435 e. The molecular weight excluding hydrogens is 341 g/mol. The van der Waals surface area contributed by atoms with Crippen LogP contribution in [0.15, 0.2) is 35.6 Å². The number of methoxy groups -OCH3 is 2. The summed E-state index contributed by atoms with van der Waals surface area (Å²) in [4.78, 5) is 11.7. The number of rotatable bonds is 6. The fourth-order valence-corrected chi connectivity index (χ4v) is 1.90. The third-order valence-corrected chi connectivity index (χ3v) is 3.05. The molecule has 0 bridgehead atoms. The summed E-state index contributed by atoms with van der Waals surface area (Å²) in [6, 6.07) is 5.81. The minimum absolute atomic E-state index is 0.390. The lowest BCUT2D eigenvalue weighted by Crippen LogP contribution is -2.23. The van der Waals surface area contributed by atoms with Crippen molar-refractivity contribution in [3.8, 4) is 11.5 Å². The highest BCUT2D eigenvalue weighted by Gasteiger charge is 2.33. The second-order valence-electron chi connectivity index (χ2n) is 4.80. The van der Waals surface area contributed by atoms with Crippen LogP contribution in [0.4, 0.5) is 13.2 Å². The smallest absolute Gasteiger partial charge is 0.435 e. The summed E-state index contributed by atoms with van der Waals surface area (Å²) in [5.41, 5.74) is 1.78. The number of benzene rings is 1. The molecule has 0 radical (unpaired) electrons. The molecule has 134 valence electrons. The van der Waals surface area contributed by atoms with E-state index in [0.717, 1.165) is 16.9 Å². The number of nitrogens with zero attached hydrogens (tertiary/aromatic N) is 3. The Balaban J connectivity index is 1.93. The van der Waals surface area contributed by atoms with Gasteiger partial charge in [0.25, 0.3) is 5.91 Å². The first-order valence-electron chi connectivity index (χ1n) is 6.98. The normalized spacial score (nSPS) is 11.6. The number of carbonyl (C=O) groups is 1. The molecule has 7 nitrogen and oxygen atoms in total. The van der Waals surface area contributed by atoms with Crippen LogP contribution in [0.1, 0.15) is 11.3 Å². The van der Waals surface area contributed by atoms with Gasteiger partial charge in [0.05, 0.1) is 20.4 Å². The molecule has 0 aliphatic heterocycles. The molecule has 0 aliphatic rings. The zero-order chi connectivity index (χ0) is 18.4. The first-order valence-corrected chi connectivity index (χ1v) is 6.98. The van der Waals surface area contributed by atoms with Crippen molar-refractivity contribution in [2.45, 2.75) is 12.7 Å². The van der Waals surface area contributed by atoms with E-state index in [1.165, 1.54) is 20.4 Å². The van der Waals surface area contributed by atoms with Crippen LogP contribution in [-0.2, 0) is 17.5 Å². The van der Waals surface area contributed by atoms with Gasteiger partial charge >= 0.3 is 6.18 Å². The topological polar surface area (TPSA) is 77.7 Å². The number of alkyl halides is 3. The third-order valence-electron chi connectivity index (χ3n) is 3.05. The number of aromatic nitrogens is 2. The molecule has 0 unspecified atom stereocenters. The number of hydrogen-bond acceptors (Lipinski definition) is 5. The molecule has 2 rings (SSSR count). The van der Waals surface area contributed by atoms with E-state index >= 15 is 0 Å². The first kappa shape index (κ1) is 18.3. The molecule has 0 spiro atoms. The molecule has 1 aromatic carbocycles. The van der Waals surface area contributed by atoms with Gasteiger partial charge in [-0.1, -0.05) is 0 Å². The predicted octanol–water partition coefficient (Wildman–Crippen LogP) is 2.07. The Morgan fingerprint density at radius 2 is 2.00 bits per heavy atom. The van der Waals surface area contributed by atoms with E-state index < -0.39 is 17.8 Å². The van der Waals surface area contributed by atoms with Gasteiger partial charge in [-0.25, -0.2) is 5.43 Å². The summed E-state index contributed by atoms with van der Waals surface area (Å²) in [6.07, 6.45) is -2.11. The Morgan fingerprint density at radius 3 is 2.60 bits per heavy atom. The Morgan fingerprint density at radius 1 is 1.28 bits per heavy atom. The molecule has 1 N–H and O–H groups in total. The van der Waals surface area contributed by atoms with Gasteiger partial charge in [0.1, 0.15) is 6.54 Å². The Kier molecular flexibility index (Phi) is 5.63. The highest BCUT2D eigenvalue weighted by molar-refractivity contribution is 5.83. The second kappa shape index (κ2) is 7.69. The molecule has 0 atom stereocenters. The molecule has 0 fully saturated rings. The molecule has 25 heavy (non-hydrogen) atoms. The molecular formula is C15H15F3N4O3. The van der Waals surface area contributed by atoms with Crippen molar-refractivity contribution in [1.29, 1.82) is 0 Å². The lowest BCUT2D eigenvalue weighted by molar-refractivity contribution is -0.141. The van der Waals surface area contributed by atoms with Gasteiger partial charge in [-0.2, -0.15) is 23.4 Å². The summed E-state index contributed by atoms with van der Waals surface area (Å²) < 4.78 is 48.4. The predicted molar refractivity (Wildman–Crippen MR) is 82.5 cm³/mol. The fourth-order valence-electron chi connectivity index (χ4n) is 1.90. The Labute approximate surface area is 141 Å². The van der Waals surface area contributed by atoms with E-state index in [1.54, 1.807) is 18.2 Å². The van der Waals surface area contributed by atoms with Crippen molar-refractivity contribution in [1.82, 2.24) is 15.2 Å². The van der Waals surface area contributed by atoms with E-state index in [2.05, 4.69) is 15.6 Å². The van der Waals surface area contributed by atoms with Gasteiger partial charge in [-0.15, -0.1) is 0 Å². The number of hydrazone groups is 1. The third kappa shape index (κ3) is 4.96. The molecule has 1 amide bonds. The van der Waals surface area contributed by atoms with Gasteiger partial charge < -0.3 is 9.47 Å². The van der Waals surface area contributed by atoms with Crippen molar-refractivity contribution in [3.05, 3.63) is 41.7 Å². The highest BCUT2D eigenvalue weighted by Crippen LogP contribution is 2.27. The summed E-state index contributed by atoms with van der Waals surface area (Å²) in [6.45, 7) is -0.390.